The van der Waals surface area contributed by atoms with Gasteiger partial charge in [-0.25, -0.2) is 0 Å². The first-order chi connectivity index (χ1) is 7.54. The molecule has 0 aliphatic carbocycles. The second kappa shape index (κ2) is 5.86. The molecule has 0 bridgehead atoms. The standard InChI is InChI=1S/C11H14BrNO3/c1-16-10-4-2-7(12)6-8(10)9(13)3-5-11(14)15/h2,4,6,9H,3,5,13H2,1H3,(H,14,15)/t9-/m0/s1. The molecule has 1 aromatic carbocycles. The first-order valence-corrected chi connectivity index (χ1v) is 5.70. The van der Waals surface area contributed by atoms with Crippen LogP contribution in [0.25, 0.3) is 0 Å². The van der Waals surface area contributed by atoms with Gasteiger partial charge in [-0.3, -0.25) is 0 Å². The van der Waals surface area contributed by atoms with Gasteiger partial charge in [0.15, 0.2) is 0 Å². The van der Waals surface area contributed by atoms with E-state index in [0.717, 1.165) is 15.8 Å². The van der Waals surface area contributed by atoms with Crippen molar-refractivity contribution in [3.63, 3.8) is 0 Å². The van der Waals surface area contributed by atoms with Crippen LogP contribution in [0.5, 0.6) is 5.75 Å². The second-order valence-corrected chi connectivity index (χ2v) is 4.41. The lowest BCUT2D eigenvalue weighted by Crippen LogP contribution is -2.53. The minimum Gasteiger partial charge on any atom is -0.550 e. The van der Waals surface area contributed by atoms with Gasteiger partial charge in [-0.05, 0) is 24.6 Å². The molecule has 3 N–H and O–H groups in total. The summed E-state index contributed by atoms with van der Waals surface area (Å²) >= 11 is 3.36. The number of aliphatic carboxylic acids is 1. The summed E-state index contributed by atoms with van der Waals surface area (Å²) in [6.07, 6.45) is 0.443. The molecule has 0 spiro atoms. The summed E-state index contributed by atoms with van der Waals surface area (Å²) in [6.45, 7) is 0. The molecule has 4 nitrogen and oxygen atoms in total. The van der Waals surface area contributed by atoms with E-state index in [1.165, 1.54) is 0 Å². The van der Waals surface area contributed by atoms with Gasteiger partial charge in [-0.2, -0.15) is 0 Å². The van der Waals surface area contributed by atoms with Crippen molar-refractivity contribution in [2.75, 3.05) is 7.11 Å². The summed E-state index contributed by atoms with van der Waals surface area (Å²) in [5.74, 6) is -0.329. The van der Waals surface area contributed by atoms with Crippen LogP contribution >= 0.6 is 15.9 Å². The summed E-state index contributed by atoms with van der Waals surface area (Å²) in [4.78, 5) is 10.4. The van der Waals surface area contributed by atoms with E-state index in [0.29, 0.717) is 6.42 Å². The molecule has 1 rings (SSSR count). The van der Waals surface area contributed by atoms with Gasteiger partial charge in [0.2, 0.25) is 0 Å². The van der Waals surface area contributed by atoms with Crippen LogP contribution in [0.1, 0.15) is 24.4 Å². The molecule has 0 heterocycles. The maximum atomic E-state index is 10.4. The Hall–Kier alpha value is -1.07. The molecule has 16 heavy (non-hydrogen) atoms. The molecule has 0 saturated heterocycles. The van der Waals surface area contributed by atoms with Crippen molar-refractivity contribution in [3.05, 3.63) is 28.2 Å². The molecule has 0 amide bonds. The third-order valence-electron chi connectivity index (χ3n) is 2.33. The predicted molar refractivity (Wildman–Crippen MR) is 60.6 cm³/mol. The van der Waals surface area contributed by atoms with E-state index in [1.54, 1.807) is 7.11 Å². The molecular formula is C11H14BrNO3. The lowest BCUT2D eigenvalue weighted by atomic mass is 10.0. The fraction of sp³-hybridized carbons (Fsp3) is 0.364. The molecule has 0 aliphatic rings. The lowest BCUT2D eigenvalue weighted by molar-refractivity contribution is -0.429. The topological polar surface area (TPSA) is 77.0 Å². The number of quaternary nitrogens is 1. The number of carboxylic acids is 1. The zero-order valence-electron chi connectivity index (χ0n) is 9.03. The number of halogens is 1. The van der Waals surface area contributed by atoms with Crippen LogP contribution in [-0.4, -0.2) is 13.1 Å². The van der Waals surface area contributed by atoms with Crippen LogP contribution in [0, 0.1) is 0 Å². The number of hydrogen-bond donors (Lipinski definition) is 1. The lowest BCUT2D eigenvalue weighted by Gasteiger charge is -2.13. The van der Waals surface area contributed by atoms with Crippen molar-refractivity contribution >= 4 is 21.9 Å². The minimum absolute atomic E-state index is 0.00380. The highest BCUT2D eigenvalue weighted by Gasteiger charge is 2.15. The Morgan fingerprint density at radius 2 is 2.31 bits per heavy atom. The Morgan fingerprint density at radius 1 is 1.62 bits per heavy atom. The van der Waals surface area contributed by atoms with Crippen molar-refractivity contribution in [1.82, 2.24) is 0 Å². The van der Waals surface area contributed by atoms with Crippen molar-refractivity contribution in [3.8, 4) is 5.75 Å². The fourth-order valence-electron chi connectivity index (χ4n) is 1.47. The number of ether oxygens (including phenoxy) is 1. The van der Waals surface area contributed by atoms with Crippen molar-refractivity contribution < 1.29 is 20.4 Å². The van der Waals surface area contributed by atoms with Gasteiger partial charge in [0.05, 0.1) is 12.7 Å². The largest absolute Gasteiger partial charge is 0.550 e. The number of carbonyl (C=O) groups excluding carboxylic acids is 1. The van der Waals surface area contributed by atoms with Crippen LogP contribution < -0.4 is 15.6 Å². The van der Waals surface area contributed by atoms with E-state index in [4.69, 9.17) is 4.74 Å². The van der Waals surface area contributed by atoms with Crippen molar-refractivity contribution in [2.45, 2.75) is 18.9 Å². The number of benzene rings is 1. The summed E-state index contributed by atoms with van der Waals surface area (Å²) in [7, 11) is 1.58. The first kappa shape index (κ1) is 13.0. The Labute approximate surface area is 103 Å². The second-order valence-electron chi connectivity index (χ2n) is 3.49. The van der Waals surface area contributed by atoms with Gasteiger partial charge in [0, 0.05) is 16.9 Å². The molecule has 1 aromatic rings. The Bertz CT molecular complexity index is 381. The Morgan fingerprint density at radius 3 is 2.88 bits per heavy atom. The van der Waals surface area contributed by atoms with Crippen LogP contribution in [0.15, 0.2) is 22.7 Å². The number of carbonyl (C=O) groups is 1. The number of carboxylic acid groups (broad SMARTS) is 1. The normalized spacial score (nSPS) is 12.2. The van der Waals surface area contributed by atoms with Gasteiger partial charge in [0.25, 0.3) is 0 Å². The third kappa shape index (κ3) is 3.50. The monoisotopic (exact) mass is 287 g/mol. The fourth-order valence-corrected chi connectivity index (χ4v) is 1.85. The predicted octanol–water partition coefficient (Wildman–Crippen LogP) is 0.271. The van der Waals surface area contributed by atoms with Gasteiger partial charge in [-0.1, -0.05) is 15.9 Å². The van der Waals surface area contributed by atoms with Gasteiger partial charge in [-0.15, -0.1) is 0 Å². The van der Waals surface area contributed by atoms with Crippen molar-refractivity contribution in [2.24, 2.45) is 0 Å². The average molecular weight is 288 g/mol. The molecule has 0 radical (unpaired) electrons. The number of hydrogen-bond acceptors (Lipinski definition) is 3. The molecule has 0 unspecified atom stereocenters. The molecule has 0 aliphatic heterocycles. The van der Waals surface area contributed by atoms with Crippen LogP contribution in [0.3, 0.4) is 0 Å². The molecule has 0 aromatic heterocycles. The smallest absolute Gasteiger partial charge is 0.128 e. The molecule has 1 atom stereocenters. The van der Waals surface area contributed by atoms with Crippen LogP contribution in [0.2, 0.25) is 0 Å². The van der Waals surface area contributed by atoms with Gasteiger partial charge < -0.3 is 20.4 Å². The molecular weight excluding hydrogens is 274 g/mol. The summed E-state index contributed by atoms with van der Waals surface area (Å²) < 4.78 is 6.13. The van der Waals surface area contributed by atoms with E-state index in [9.17, 15) is 9.90 Å². The highest BCUT2D eigenvalue weighted by Crippen LogP contribution is 2.28. The van der Waals surface area contributed by atoms with E-state index in [2.05, 4.69) is 21.7 Å². The summed E-state index contributed by atoms with van der Waals surface area (Å²) in [5, 5.41) is 10.4. The SMILES string of the molecule is COc1ccc(Br)cc1[C@@H]([NH3+])CCC(=O)[O-]. The molecule has 0 saturated carbocycles. The van der Waals surface area contributed by atoms with E-state index < -0.39 is 5.97 Å². The molecule has 5 heteroatoms. The molecule has 88 valence electrons. The van der Waals surface area contributed by atoms with E-state index in [-0.39, 0.29) is 12.5 Å². The maximum absolute atomic E-state index is 10.4. The van der Waals surface area contributed by atoms with Crippen molar-refractivity contribution in [1.29, 1.82) is 0 Å². The summed E-state index contributed by atoms with van der Waals surface area (Å²) in [6, 6.07) is 5.47. The van der Waals surface area contributed by atoms with E-state index in [1.807, 2.05) is 18.2 Å². The average Bonchev–Trinajstić information content (AvgIpc) is 2.25. The third-order valence-corrected chi connectivity index (χ3v) is 2.82. The highest BCUT2D eigenvalue weighted by atomic mass is 79.9. The van der Waals surface area contributed by atoms with E-state index >= 15 is 0 Å². The minimum atomic E-state index is -1.05. The Balaban J connectivity index is 2.84. The number of rotatable bonds is 5. The van der Waals surface area contributed by atoms with Crippen LogP contribution in [-0.2, 0) is 4.79 Å². The number of methoxy groups -OCH3 is 1. The molecule has 0 fully saturated rings. The Kier molecular flexibility index (Phi) is 4.76. The van der Waals surface area contributed by atoms with Gasteiger partial charge in [0.1, 0.15) is 11.8 Å². The maximum Gasteiger partial charge on any atom is 0.128 e. The van der Waals surface area contributed by atoms with Gasteiger partial charge >= 0.3 is 0 Å². The summed E-state index contributed by atoms with van der Waals surface area (Å²) in [5.41, 5.74) is 4.84. The van der Waals surface area contributed by atoms with Crippen LogP contribution in [0.4, 0.5) is 0 Å². The zero-order valence-corrected chi connectivity index (χ0v) is 10.6. The quantitative estimate of drug-likeness (QED) is 0.845. The first-order valence-electron chi connectivity index (χ1n) is 4.91. The highest BCUT2D eigenvalue weighted by molar-refractivity contribution is 9.10. The zero-order chi connectivity index (χ0) is 12.1.